The normalized spacial score (nSPS) is 17.0. The van der Waals surface area contributed by atoms with E-state index in [0.717, 1.165) is 0 Å². The molecule has 0 aliphatic carbocycles. The third-order valence-electron chi connectivity index (χ3n) is 2.12. The van der Waals surface area contributed by atoms with E-state index < -0.39 is 18.6 Å². The van der Waals surface area contributed by atoms with Crippen LogP contribution < -0.4 is 4.52 Å². The highest BCUT2D eigenvalue weighted by Crippen LogP contribution is 2.50. The molecule has 0 aliphatic rings. The van der Waals surface area contributed by atoms with Crippen LogP contribution in [0.3, 0.4) is 0 Å². The summed E-state index contributed by atoms with van der Waals surface area (Å²) in [5.74, 6) is 0.634. The lowest BCUT2D eigenvalue weighted by Gasteiger charge is -2.20. The van der Waals surface area contributed by atoms with E-state index in [-0.39, 0.29) is 25.0 Å². The van der Waals surface area contributed by atoms with E-state index in [1.54, 1.807) is 30.3 Å². The van der Waals surface area contributed by atoms with E-state index >= 15 is 0 Å². The summed E-state index contributed by atoms with van der Waals surface area (Å²) in [6, 6.07) is 8.50. The number of benzene rings is 1. The molecule has 0 saturated heterocycles. The van der Waals surface area contributed by atoms with Crippen molar-refractivity contribution in [2.45, 2.75) is 10.8 Å². The minimum Gasteiger partial charge on any atom is -0.404 e. The Hall–Kier alpha value is 0.330. The van der Waals surface area contributed by atoms with Crippen molar-refractivity contribution in [2.75, 3.05) is 25.0 Å². The maximum Gasteiger partial charge on any atom is 0.530 e. The quantitative estimate of drug-likeness (QED) is 0.417. The lowest BCUT2D eigenvalue weighted by Crippen LogP contribution is -2.16. The van der Waals surface area contributed by atoms with Gasteiger partial charge in [0, 0.05) is 11.8 Å². The Kier molecular flexibility index (Phi) is 9.38. The molecule has 0 saturated carbocycles. The van der Waals surface area contributed by atoms with Crippen LogP contribution in [-0.2, 0) is 13.6 Å². The zero-order chi connectivity index (χ0) is 15.7. The summed E-state index contributed by atoms with van der Waals surface area (Å²) in [6.07, 6.45) is 0. The second-order valence-electron chi connectivity index (χ2n) is 3.95. The second kappa shape index (κ2) is 10.2. The molecule has 0 radical (unpaired) electrons. The molecule has 0 aliphatic heterocycles. The topological polar surface area (TPSA) is 44.8 Å². The van der Waals surface area contributed by atoms with Gasteiger partial charge in [-0.15, -0.1) is 46.4 Å². The Labute approximate surface area is 144 Å². The predicted molar refractivity (Wildman–Crippen MR) is 87.3 cm³/mol. The van der Waals surface area contributed by atoms with Crippen LogP contribution >= 0.6 is 54.2 Å². The summed E-state index contributed by atoms with van der Waals surface area (Å²) in [6.45, 7) is -0.161. The average molecular weight is 396 g/mol. The van der Waals surface area contributed by atoms with E-state index in [1.807, 2.05) is 0 Å². The molecular formula is C12H15Cl4O4P. The first-order valence-corrected chi connectivity index (χ1v) is 9.43. The standard InChI is InChI=1S/C12H15Cl4O4P/c13-6-10(15)8-18-21(17,19-9-11(16)7-14)20-12-4-2-1-3-5-12/h1-5,10-11H,6-9H2. The fourth-order valence-electron chi connectivity index (χ4n) is 1.13. The number of hydrogen-bond acceptors (Lipinski definition) is 4. The molecule has 0 N–H and O–H groups in total. The van der Waals surface area contributed by atoms with Crippen LogP contribution in [0, 0.1) is 0 Å². The van der Waals surface area contributed by atoms with Gasteiger partial charge in [0.1, 0.15) is 5.75 Å². The summed E-state index contributed by atoms with van der Waals surface area (Å²) >= 11 is 22.8. The van der Waals surface area contributed by atoms with Crippen LogP contribution in [0.5, 0.6) is 5.75 Å². The summed E-state index contributed by atoms with van der Waals surface area (Å²) in [4.78, 5) is 0. The van der Waals surface area contributed by atoms with Gasteiger partial charge in [0.25, 0.3) is 0 Å². The highest BCUT2D eigenvalue weighted by molar-refractivity contribution is 7.48. The molecular weight excluding hydrogens is 381 g/mol. The fraction of sp³-hybridized carbons (Fsp3) is 0.500. The highest BCUT2D eigenvalue weighted by atomic mass is 35.5. The Bertz CT molecular complexity index is 430. The molecule has 2 atom stereocenters. The summed E-state index contributed by atoms with van der Waals surface area (Å²) in [7, 11) is -3.86. The van der Waals surface area contributed by atoms with Crippen molar-refractivity contribution in [1.82, 2.24) is 0 Å². The van der Waals surface area contributed by atoms with Gasteiger partial charge >= 0.3 is 7.82 Å². The van der Waals surface area contributed by atoms with E-state index in [1.165, 1.54) is 0 Å². The highest BCUT2D eigenvalue weighted by Gasteiger charge is 2.30. The van der Waals surface area contributed by atoms with Crippen molar-refractivity contribution in [3.8, 4) is 5.75 Å². The molecule has 0 aromatic heterocycles. The molecule has 21 heavy (non-hydrogen) atoms. The van der Waals surface area contributed by atoms with Crippen molar-refractivity contribution in [1.29, 1.82) is 0 Å². The fourth-order valence-corrected chi connectivity index (χ4v) is 2.90. The minimum atomic E-state index is -3.86. The minimum absolute atomic E-state index is 0.0804. The Balaban J connectivity index is 2.70. The molecule has 120 valence electrons. The van der Waals surface area contributed by atoms with Crippen LogP contribution in [0.2, 0.25) is 0 Å². The number of halogens is 4. The third-order valence-corrected chi connectivity index (χ3v) is 5.11. The molecule has 0 fully saturated rings. The molecule has 1 aromatic carbocycles. The lowest BCUT2D eigenvalue weighted by molar-refractivity contribution is 0.157. The van der Waals surface area contributed by atoms with Crippen molar-refractivity contribution < 1.29 is 18.1 Å². The van der Waals surface area contributed by atoms with E-state index in [9.17, 15) is 4.57 Å². The first-order valence-electron chi connectivity index (χ1n) is 6.03. The third kappa shape index (κ3) is 7.94. The van der Waals surface area contributed by atoms with Gasteiger partial charge in [0.2, 0.25) is 0 Å². The SMILES string of the molecule is O=P(OCC(Cl)CCl)(OCC(Cl)CCl)Oc1ccccc1. The van der Waals surface area contributed by atoms with Gasteiger partial charge in [0.15, 0.2) is 0 Å². The van der Waals surface area contributed by atoms with E-state index in [0.29, 0.717) is 5.75 Å². The Morgan fingerprint density at radius 2 is 1.43 bits per heavy atom. The number of rotatable bonds is 10. The predicted octanol–water partition coefficient (Wildman–Crippen LogP) is 4.90. The summed E-state index contributed by atoms with van der Waals surface area (Å²) in [5.41, 5.74) is 0. The first-order chi connectivity index (χ1) is 9.99. The van der Waals surface area contributed by atoms with Gasteiger partial charge in [-0.3, -0.25) is 9.05 Å². The van der Waals surface area contributed by atoms with Gasteiger partial charge in [0.05, 0.1) is 24.0 Å². The Morgan fingerprint density at radius 3 is 1.86 bits per heavy atom. The zero-order valence-electron chi connectivity index (χ0n) is 11.0. The maximum atomic E-state index is 12.6. The van der Waals surface area contributed by atoms with Crippen molar-refractivity contribution in [3.05, 3.63) is 30.3 Å². The molecule has 9 heteroatoms. The van der Waals surface area contributed by atoms with Crippen molar-refractivity contribution >= 4 is 54.2 Å². The summed E-state index contributed by atoms with van der Waals surface area (Å²) < 4.78 is 28.2. The molecule has 0 bridgehead atoms. The molecule has 0 heterocycles. The molecule has 0 amide bonds. The van der Waals surface area contributed by atoms with Gasteiger partial charge in [-0.1, -0.05) is 18.2 Å². The monoisotopic (exact) mass is 394 g/mol. The van der Waals surface area contributed by atoms with Crippen LogP contribution in [0.25, 0.3) is 0 Å². The molecule has 1 rings (SSSR count). The first kappa shape index (κ1) is 19.4. The van der Waals surface area contributed by atoms with Gasteiger partial charge in [-0.2, -0.15) is 0 Å². The number of phosphoric ester groups is 1. The molecule has 1 aromatic rings. The van der Waals surface area contributed by atoms with Gasteiger partial charge < -0.3 is 4.52 Å². The number of phosphoric acid groups is 1. The van der Waals surface area contributed by atoms with Gasteiger partial charge in [-0.25, -0.2) is 4.57 Å². The van der Waals surface area contributed by atoms with E-state index in [4.69, 9.17) is 60.0 Å². The van der Waals surface area contributed by atoms with Gasteiger partial charge in [-0.05, 0) is 12.1 Å². The Morgan fingerprint density at radius 1 is 0.952 bits per heavy atom. The van der Waals surface area contributed by atoms with Crippen molar-refractivity contribution in [2.24, 2.45) is 0 Å². The van der Waals surface area contributed by atoms with Crippen molar-refractivity contribution in [3.63, 3.8) is 0 Å². The van der Waals surface area contributed by atoms with E-state index in [2.05, 4.69) is 0 Å². The van der Waals surface area contributed by atoms with Crippen LogP contribution in [0.4, 0.5) is 0 Å². The number of para-hydroxylation sites is 1. The van der Waals surface area contributed by atoms with Crippen LogP contribution in [0.15, 0.2) is 30.3 Å². The van der Waals surface area contributed by atoms with Crippen LogP contribution in [0.1, 0.15) is 0 Å². The maximum absolute atomic E-state index is 12.6. The second-order valence-corrected chi connectivity index (χ2v) is 7.39. The molecule has 2 unspecified atom stereocenters. The van der Waals surface area contributed by atoms with Crippen LogP contribution in [-0.4, -0.2) is 35.7 Å². The zero-order valence-corrected chi connectivity index (χ0v) is 14.9. The number of alkyl halides is 4. The smallest absolute Gasteiger partial charge is 0.404 e. The largest absolute Gasteiger partial charge is 0.530 e. The summed E-state index contributed by atoms with van der Waals surface area (Å²) in [5, 5.41) is -1.02. The lowest BCUT2D eigenvalue weighted by atomic mass is 10.3. The molecule has 4 nitrogen and oxygen atoms in total. The molecule has 0 spiro atoms. The average Bonchev–Trinajstić information content (AvgIpc) is 2.51. The number of hydrogen-bond donors (Lipinski definition) is 0.